The first-order valence-corrected chi connectivity index (χ1v) is 9.98. The molecule has 0 aliphatic carbocycles. The van der Waals surface area contributed by atoms with Crippen LogP contribution in [0.4, 0.5) is 0 Å². The smallest absolute Gasteiger partial charge is 0.260 e. The summed E-state index contributed by atoms with van der Waals surface area (Å²) in [5.74, 6) is 0.724. The lowest BCUT2D eigenvalue weighted by atomic mass is 10.0. The Morgan fingerprint density at radius 2 is 1.64 bits per heavy atom. The van der Waals surface area contributed by atoms with Crippen LogP contribution in [0.15, 0.2) is 64.8 Å². The van der Waals surface area contributed by atoms with Crippen LogP contribution in [0.25, 0.3) is 32.5 Å². The molecule has 0 bridgehead atoms. The number of aromatic amines is 1. The Hall–Kier alpha value is -2.24. The molecular formula is C20H15BrN2OS. The SMILES string of the molecule is O=c1[nH]c(CCBr)nc2scc(-c3ccc(-c4ccccc4)cc3)c12. The predicted octanol–water partition coefficient (Wildman–Crippen LogP) is 5.26. The number of H-pyrrole nitrogens is 1. The van der Waals surface area contributed by atoms with Gasteiger partial charge in [-0.05, 0) is 16.7 Å². The molecular weight excluding hydrogens is 396 g/mol. The molecule has 0 saturated carbocycles. The number of fused-ring (bicyclic) bond motifs is 1. The monoisotopic (exact) mass is 410 g/mol. The number of hydrogen-bond donors (Lipinski definition) is 1. The van der Waals surface area contributed by atoms with Crippen molar-refractivity contribution in [3.05, 3.63) is 76.2 Å². The molecule has 0 aliphatic heterocycles. The molecule has 0 fully saturated rings. The van der Waals surface area contributed by atoms with Crippen molar-refractivity contribution in [2.45, 2.75) is 6.42 Å². The number of aryl methyl sites for hydroxylation is 1. The molecule has 124 valence electrons. The Morgan fingerprint density at radius 1 is 0.960 bits per heavy atom. The van der Waals surface area contributed by atoms with Crippen LogP contribution in [0.1, 0.15) is 5.82 Å². The van der Waals surface area contributed by atoms with Crippen LogP contribution in [0.5, 0.6) is 0 Å². The Bertz CT molecular complexity index is 1070. The van der Waals surface area contributed by atoms with E-state index >= 15 is 0 Å². The van der Waals surface area contributed by atoms with Gasteiger partial charge >= 0.3 is 0 Å². The summed E-state index contributed by atoms with van der Waals surface area (Å²) in [6.45, 7) is 0. The number of thiophene rings is 1. The van der Waals surface area contributed by atoms with Crippen molar-refractivity contribution in [1.29, 1.82) is 0 Å². The fraction of sp³-hybridized carbons (Fsp3) is 0.100. The van der Waals surface area contributed by atoms with E-state index < -0.39 is 0 Å². The molecule has 0 unspecified atom stereocenters. The van der Waals surface area contributed by atoms with Crippen molar-refractivity contribution in [3.8, 4) is 22.3 Å². The van der Waals surface area contributed by atoms with Gasteiger partial charge in [0.15, 0.2) is 0 Å². The van der Waals surface area contributed by atoms with Gasteiger partial charge in [-0.25, -0.2) is 4.98 Å². The third kappa shape index (κ3) is 3.17. The standard InChI is InChI=1S/C20H15BrN2OS/c21-11-10-17-22-19(24)18-16(12-25-20(18)23-17)15-8-6-14(7-9-15)13-4-2-1-3-5-13/h1-9,12H,10-11H2,(H,22,23,24). The average molecular weight is 411 g/mol. The van der Waals surface area contributed by atoms with Gasteiger partial charge in [0.25, 0.3) is 5.56 Å². The van der Waals surface area contributed by atoms with Crippen LogP contribution >= 0.6 is 27.3 Å². The maximum atomic E-state index is 12.5. The third-order valence-electron chi connectivity index (χ3n) is 4.13. The van der Waals surface area contributed by atoms with Gasteiger partial charge in [0.2, 0.25) is 0 Å². The topological polar surface area (TPSA) is 45.8 Å². The third-order valence-corrected chi connectivity index (χ3v) is 5.40. The fourth-order valence-corrected chi connectivity index (χ4v) is 4.23. The summed E-state index contributed by atoms with van der Waals surface area (Å²) in [6, 6.07) is 18.6. The highest BCUT2D eigenvalue weighted by Gasteiger charge is 2.13. The summed E-state index contributed by atoms with van der Waals surface area (Å²) in [4.78, 5) is 20.8. The molecule has 25 heavy (non-hydrogen) atoms. The number of nitrogens with zero attached hydrogens (tertiary/aromatic N) is 1. The number of halogens is 1. The second-order valence-corrected chi connectivity index (χ2v) is 7.38. The minimum absolute atomic E-state index is 0.0654. The minimum Gasteiger partial charge on any atom is -0.310 e. The Kier molecular flexibility index (Phi) is 4.51. The van der Waals surface area contributed by atoms with Crippen molar-refractivity contribution < 1.29 is 0 Å². The molecule has 0 amide bonds. The lowest BCUT2D eigenvalue weighted by molar-refractivity contribution is 0.960. The molecule has 2 aromatic heterocycles. The van der Waals surface area contributed by atoms with E-state index in [4.69, 9.17) is 0 Å². The van der Waals surface area contributed by atoms with Gasteiger partial charge in [-0.3, -0.25) is 4.79 Å². The van der Waals surface area contributed by atoms with Gasteiger partial charge in [0, 0.05) is 22.7 Å². The number of aromatic nitrogens is 2. The lowest BCUT2D eigenvalue weighted by Crippen LogP contribution is -2.11. The van der Waals surface area contributed by atoms with E-state index in [-0.39, 0.29) is 5.56 Å². The highest BCUT2D eigenvalue weighted by Crippen LogP contribution is 2.32. The van der Waals surface area contributed by atoms with Crippen molar-refractivity contribution >= 4 is 37.5 Å². The molecule has 1 N–H and O–H groups in total. The molecule has 2 aromatic carbocycles. The van der Waals surface area contributed by atoms with Crippen LogP contribution < -0.4 is 5.56 Å². The molecule has 3 nitrogen and oxygen atoms in total. The Balaban J connectivity index is 1.76. The fourth-order valence-electron chi connectivity index (χ4n) is 2.89. The summed E-state index contributed by atoms with van der Waals surface area (Å²) in [5, 5.41) is 3.47. The molecule has 0 radical (unpaired) electrons. The molecule has 0 spiro atoms. The average Bonchev–Trinajstić information content (AvgIpc) is 3.07. The summed E-state index contributed by atoms with van der Waals surface area (Å²) in [6.07, 6.45) is 0.712. The van der Waals surface area contributed by atoms with Crippen LogP contribution in [0.2, 0.25) is 0 Å². The van der Waals surface area contributed by atoms with E-state index in [2.05, 4.69) is 62.3 Å². The van der Waals surface area contributed by atoms with E-state index in [0.29, 0.717) is 11.8 Å². The van der Waals surface area contributed by atoms with E-state index in [9.17, 15) is 4.79 Å². The normalized spacial score (nSPS) is 11.1. The van der Waals surface area contributed by atoms with E-state index in [1.807, 2.05) is 23.6 Å². The van der Waals surface area contributed by atoms with Crippen LogP contribution in [-0.2, 0) is 6.42 Å². The molecule has 0 aliphatic rings. The van der Waals surface area contributed by atoms with Gasteiger partial charge in [0.05, 0.1) is 5.39 Å². The van der Waals surface area contributed by atoms with Crippen LogP contribution in [0.3, 0.4) is 0 Å². The van der Waals surface area contributed by atoms with Gasteiger partial charge in [-0.2, -0.15) is 0 Å². The molecule has 0 atom stereocenters. The highest BCUT2D eigenvalue weighted by molar-refractivity contribution is 9.09. The summed E-state index contributed by atoms with van der Waals surface area (Å²) in [5.41, 5.74) is 4.26. The van der Waals surface area contributed by atoms with Crippen molar-refractivity contribution in [3.63, 3.8) is 0 Å². The lowest BCUT2D eigenvalue weighted by Gasteiger charge is -2.04. The van der Waals surface area contributed by atoms with E-state index in [0.717, 1.165) is 32.7 Å². The second-order valence-electron chi connectivity index (χ2n) is 5.72. The van der Waals surface area contributed by atoms with Gasteiger partial charge in [0.1, 0.15) is 10.7 Å². The van der Waals surface area contributed by atoms with Crippen LogP contribution in [-0.4, -0.2) is 15.3 Å². The van der Waals surface area contributed by atoms with Crippen LogP contribution in [0, 0.1) is 0 Å². The van der Waals surface area contributed by atoms with Gasteiger partial charge in [-0.15, -0.1) is 11.3 Å². The zero-order valence-corrected chi connectivity index (χ0v) is 15.7. The largest absolute Gasteiger partial charge is 0.310 e. The zero-order chi connectivity index (χ0) is 17.2. The minimum atomic E-state index is -0.0654. The summed E-state index contributed by atoms with van der Waals surface area (Å²) in [7, 11) is 0. The first-order chi connectivity index (χ1) is 12.3. The zero-order valence-electron chi connectivity index (χ0n) is 13.3. The Morgan fingerprint density at radius 3 is 2.36 bits per heavy atom. The first-order valence-electron chi connectivity index (χ1n) is 7.98. The molecule has 4 rings (SSSR count). The quantitative estimate of drug-likeness (QED) is 0.466. The van der Waals surface area contributed by atoms with Gasteiger partial charge < -0.3 is 4.98 Å². The summed E-state index contributed by atoms with van der Waals surface area (Å²) >= 11 is 4.90. The first kappa shape index (κ1) is 16.2. The van der Waals surface area contributed by atoms with Crippen molar-refractivity contribution in [2.24, 2.45) is 0 Å². The van der Waals surface area contributed by atoms with E-state index in [1.54, 1.807) is 0 Å². The Labute approximate surface area is 157 Å². The number of hydrogen-bond acceptors (Lipinski definition) is 3. The maximum absolute atomic E-state index is 12.5. The highest BCUT2D eigenvalue weighted by atomic mass is 79.9. The molecule has 4 aromatic rings. The predicted molar refractivity (Wildman–Crippen MR) is 109 cm³/mol. The van der Waals surface area contributed by atoms with Crippen molar-refractivity contribution in [2.75, 3.05) is 5.33 Å². The molecule has 5 heteroatoms. The molecule has 2 heterocycles. The second kappa shape index (κ2) is 6.94. The number of benzene rings is 2. The van der Waals surface area contributed by atoms with E-state index in [1.165, 1.54) is 16.9 Å². The maximum Gasteiger partial charge on any atom is 0.260 e. The van der Waals surface area contributed by atoms with Crippen molar-refractivity contribution in [1.82, 2.24) is 9.97 Å². The number of nitrogens with one attached hydrogen (secondary N) is 1. The number of alkyl halides is 1. The summed E-state index contributed by atoms with van der Waals surface area (Å²) < 4.78 is 0. The van der Waals surface area contributed by atoms with Gasteiger partial charge in [-0.1, -0.05) is 70.5 Å². The molecule has 0 saturated heterocycles. The number of rotatable bonds is 4.